The van der Waals surface area contributed by atoms with Gasteiger partial charge in [-0.25, -0.2) is 0 Å². The zero-order valence-corrected chi connectivity index (χ0v) is 8.78. The second-order valence-electron chi connectivity index (χ2n) is 3.61. The van der Waals surface area contributed by atoms with Crippen LogP contribution in [0.15, 0.2) is 18.2 Å². The number of hydrogen-bond acceptors (Lipinski definition) is 2. The van der Waals surface area contributed by atoms with Gasteiger partial charge in [-0.2, -0.15) is 0 Å². The fraction of sp³-hybridized carbons (Fsp3) is 0.455. The summed E-state index contributed by atoms with van der Waals surface area (Å²) < 4.78 is 0. The summed E-state index contributed by atoms with van der Waals surface area (Å²) in [6.07, 6.45) is 0.713. The Bertz CT molecular complexity index is 345. The van der Waals surface area contributed by atoms with Crippen LogP contribution in [0.3, 0.4) is 0 Å². The molecule has 0 fully saturated rings. The lowest BCUT2D eigenvalue weighted by Crippen LogP contribution is -2.00. The maximum Gasteiger partial charge on any atom is 0.272 e. The first-order valence-electron chi connectivity index (χ1n) is 4.84. The Morgan fingerprint density at radius 1 is 1.43 bits per heavy atom. The van der Waals surface area contributed by atoms with E-state index in [0.29, 0.717) is 12.3 Å². The maximum atomic E-state index is 10.8. The minimum Gasteiger partial charge on any atom is -0.258 e. The van der Waals surface area contributed by atoms with Gasteiger partial charge in [-0.1, -0.05) is 32.9 Å². The van der Waals surface area contributed by atoms with Gasteiger partial charge < -0.3 is 0 Å². The van der Waals surface area contributed by atoms with Crippen molar-refractivity contribution < 1.29 is 4.92 Å². The van der Waals surface area contributed by atoms with Crippen molar-refractivity contribution in [1.82, 2.24) is 0 Å². The van der Waals surface area contributed by atoms with E-state index >= 15 is 0 Å². The van der Waals surface area contributed by atoms with Gasteiger partial charge in [-0.15, -0.1) is 0 Å². The van der Waals surface area contributed by atoms with Crippen LogP contribution in [0.1, 0.15) is 37.8 Å². The first kappa shape index (κ1) is 10.7. The Kier molecular flexibility index (Phi) is 3.23. The minimum atomic E-state index is -0.301. The second-order valence-corrected chi connectivity index (χ2v) is 3.61. The van der Waals surface area contributed by atoms with Gasteiger partial charge in [0.1, 0.15) is 0 Å². The topological polar surface area (TPSA) is 43.1 Å². The number of nitro groups is 1. The van der Waals surface area contributed by atoms with Gasteiger partial charge in [0.25, 0.3) is 5.69 Å². The summed E-state index contributed by atoms with van der Waals surface area (Å²) in [6.45, 7) is 6.06. The minimum absolute atomic E-state index is 0.249. The van der Waals surface area contributed by atoms with Crippen molar-refractivity contribution in [2.24, 2.45) is 0 Å². The summed E-state index contributed by atoms with van der Waals surface area (Å²) in [5.41, 5.74) is 2.20. The molecule has 0 aromatic heterocycles. The molecular weight excluding hydrogens is 178 g/mol. The second kappa shape index (κ2) is 4.22. The lowest BCUT2D eigenvalue weighted by Gasteiger charge is -2.10. The molecule has 0 radical (unpaired) electrons. The largest absolute Gasteiger partial charge is 0.272 e. The predicted molar refractivity (Wildman–Crippen MR) is 56.6 cm³/mol. The molecule has 1 aromatic carbocycles. The maximum absolute atomic E-state index is 10.8. The van der Waals surface area contributed by atoms with E-state index in [0.717, 1.165) is 11.1 Å². The molecule has 1 aromatic rings. The Balaban J connectivity index is 3.32. The van der Waals surface area contributed by atoms with Crippen molar-refractivity contribution in [3.63, 3.8) is 0 Å². The third-order valence-electron chi connectivity index (χ3n) is 2.36. The highest BCUT2D eigenvalue weighted by atomic mass is 16.6. The lowest BCUT2D eigenvalue weighted by atomic mass is 9.94. The molecule has 0 saturated carbocycles. The van der Waals surface area contributed by atoms with Gasteiger partial charge in [0.15, 0.2) is 0 Å². The van der Waals surface area contributed by atoms with Gasteiger partial charge in [0.2, 0.25) is 0 Å². The average molecular weight is 193 g/mol. The zero-order chi connectivity index (χ0) is 10.7. The Morgan fingerprint density at radius 3 is 2.50 bits per heavy atom. The van der Waals surface area contributed by atoms with E-state index in [9.17, 15) is 10.1 Å². The summed E-state index contributed by atoms with van der Waals surface area (Å²) in [7, 11) is 0. The molecule has 1 rings (SSSR count). The quantitative estimate of drug-likeness (QED) is 0.546. The molecule has 0 amide bonds. The Morgan fingerprint density at radius 2 is 2.07 bits per heavy atom. The molecular formula is C11H15NO2. The molecule has 0 heterocycles. The summed E-state index contributed by atoms with van der Waals surface area (Å²) >= 11 is 0. The molecule has 0 aliphatic rings. The summed E-state index contributed by atoms with van der Waals surface area (Å²) in [4.78, 5) is 10.5. The van der Waals surface area contributed by atoms with Gasteiger partial charge in [0, 0.05) is 11.6 Å². The monoisotopic (exact) mass is 193 g/mol. The van der Waals surface area contributed by atoms with E-state index in [1.54, 1.807) is 12.1 Å². The van der Waals surface area contributed by atoms with Crippen molar-refractivity contribution in [3.05, 3.63) is 39.4 Å². The molecule has 14 heavy (non-hydrogen) atoms. The van der Waals surface area contributed by atoms with Crippen molar-refractivity contribution in [3.8, 4) is 0 Å². The van der Waals surface area contributed by atoms with Crippen LogP contribution >= 0.6 is 0 Å². The van der Waals surface area contributed by atoms with E-state index in [1.807, 2.05) is 13.0 Å². The molecule has 3 nitrogen and oxygen atoms in total. The third-order valence-corrected chi connectivity index (χ3v) is 2.36. The lowest BCUT2D eigenvalue weighted by molar-refractivity contribution is -0.385. The van der Waals surface area contributed by atoms with Crippen LogP contribution < -0.4 is 0 Å². The fourth-order valence-corrected chi connectivity index (χ4v) is 1.69. The van der Waals surface area contributed by atoms with Crippen LogP contribution in [0.4, 0.5) is 5.69 Å². The average Bonchev–Trinajstić information content (AvgIpc) is 2.16. The molecule has 0 atom stereocenters. The molecule has 0 N–H and O–H groups in total. The highest BCUT2D eigenvalue weighted by molar-refractivity contribution is 5.46. The van der Waals surface area contributed by atoms with Crippen LogP contribution in [0.5, 0.6) is 0 Å². The molecule has 0 bridgehead atoms. The molecule has 0 aliphatic carbocycles. The first-order chi connectivity index (χ1) is 6.57. The molecule has 0 aliphatic heterocycles. The highest BCUT2D eigenvalue weighted by Gasteiger charge is 2.16. The van der Waals surface area contributed by atoms with E-state index in [2.05, 4.69) is 13.8 Å². The smallest absolute Gasteiger partial charge is 0.258 e. The van der Waals surface area contributed by atoms with Crippen molar-refractivity contribution in [2.75, 3.05) is 0 Å². The van der Waals surface area contributed by atoms with Crippen molar-refractivity contribution in [2.45, 2.75) is 33.1 Å². The van der Waals surface area contributed by atoms with Gasteiger partial charge in [-0.3, -0.25) is 10.1 Å². The number of nitrogens with zero attached hydrogens (tertiary/aromatic N) is 1. The number of benzene rings is 1. The van der Waals surface area contributed by atoms with Crippen LogP contribution in [0, 0.1) is 10.1 Å². The summed E-state index contributed by atoms with van der Waals surface area (Å²) in [5.74, 6) is 0.338. The van der Waals surface area contributed by atoms with Crippen LogP contribution in [0.25, 0.3) is 0 Å². The van der Waals surface area contributed by atoms with Crippen molar-refractivity contribution >= 4 is 5.69 Å². The normalized spacial score (nSPS) is 10.6. The number of rotatable bonds is 3. The van der Waals surface area contributed by atoms with Gasteiger partial charge in [0.05, 0.1) is 4.92 Å². The van der Waals surface area contributed by atoms with Crippen LogP contribution in [-0.2, 0) is 6.42 Å². The summed E-state index contributed by atoms with van der Waals surface area (Å²) in [6, 6.07) is 5.30. The molecule has 0 saturated heterocycles. The fourth-order valence-electron chi connectivity index (χ4n) is 1.69. The van der Waals surface area contributed by atoms with Crippen molar-refractivity contribution in [1.29, 1.82) is 0 Å². The zero-order valence-electron chi connectivity index (χ0n) is 8.78. The number of hydrogen-bond donors (Lipinski definition) is 0. The van der Waals surface area contributed by atoms with E-state index in [1.165, 1.54) is 0 Å². The SMILES string of the molecule is CCc1c(C(C)C)cccc1[N+](=O)[O-]. The van der Waals surface area contributed by atoms with Gasteiger partial charge in [-0.05, 0) is 17.9 Å². The van der Waals surface area contributed by atoms with Gasteiger partial charge >= 0.3 is 0 Å². The Labute approximate surface area is 83.9 Å². The van der Waals surface area contributed by atoms with E-state index in [4.69, 9.17) is 0 Å². The van der Waals surface area contributed by atoms with Crippen LogP contribution in [0.2, 0.25) is 0 Å². The number of nitro benzene ring substituents is 1. The third kappa shape index (κ3) is 1.92. The van der Waals surface area contributed by atoms with E-state index in [-0.39, 0.29) is 10.6 Å². The first-order valence-corrected chi connectivity index (χ1v) is 4.84. The molecule has 0 unspecified atom stereocenters. The predicted octanol–water partition coefficient (Wildman–Crippen LogP) is 3.28. The molecule has 76 valence electrons. The molecule has 3 heteroatoms. The van der Waals surface area contributed by atoms with E-state index < -0.39 is 0 Å². The molecule has 0 spiro atoms. The summed E-state index contributed by atoms with van der Waals surface area (Å²) in [5, 5.41) is 10.8. The standard InChI is InChI=1S/C11H15NO2/c1-4-9-10(8(2)3)6-5-7-11(9)12(13)14/h5-8H,4H2,1-3H3. The highest BCUT2D eigenvalue weighted by Crippen LogP contribution is 2.27. The van der Waals surface area contributed by atoms with Crippen LogP contribution in [-0.4, -0.2) is 4.92 Å². The Hall–Kier alpha value is -1.38.